The third-order valence-corrected chi connectivity index (χ3v) is 3.58. The van der Waals surface area contributed by atoms with Crippen LogP contribution in [-0.4, -0.2) is 12.9 Å². The molecule has 0 fully saturated rings. The summed E-state index contributed by atoms with van der Waals surface area (Å²) >= 11 is 5.80. The van der Waals surface area contributed by atoms with Gasteiger partial charge in [0.25, 0.3) is 0 Å². The van der Waals surface area contributed by atoms with Crippen molar-refractivity contribution < 1.29 is 13.9 Å². The van der Waals surface area contributed by atoms with Crippen LogP contribution >= 0.6 is 11.6 Å². The van der Waals surface area contributed by atoms with Gasteiger partial charge in [-0.15, -0.1) is 0 Å². The van der Waals surface area contributed by atoms with E-state index in [9.17, 15) is 9.59 Å². The normalized spacial score (nSPS) is 10.6. The fourth-order valence-corrected chi connectivity index (χ4v) is 2.28. The Balaban J connectivity index is 2.14. The molecule has 1 heterocycles. The van der Waals surface area contributed by atoms with Gasteiger partial charge in [-0.2, -0.15) is 0 Å². The number of rotatable bonds is 3. The van der Waals surface area contributed by atoms with E-state index in [4.69, 9.17) is 20.8 Å². The summed E-state index contributed by atoms with van der Waals surface area (Å²) in [7, 11) is 1.51. The van der Waals surface area contributed by atoms with Gasteiger partial charge < -0.3 is 9.15 Å². The Morgan fingerprint density at radius 3 is 2.55 bits per heavy atom. The van der Waals surface area contributed by atoms with Crippen molar-refractivity contribution in [3.63, 3.8) is 0 Å². The van der Waals surface area contributed by atoms with Gasteiger partial charge in [-0.3, -0.25) is 9.59 Å². The maximum Gasteiger partial charge on any atom is 0.204 e. The van der Waals surface area contributed by atoms with Crippen LogP contribution in [0.2, 0.25) is 5.02 Å². The summed E-state index contributed by atoms with van der Waals surface area (Å²) < 4.78 is 10.5. The number of hydrogen-bond donors (Lipinski definition) is 0. The average molecular weight is 315 g/mol. The van der Waals surface area contributed by atoms with Crippen LogP contribution in [0.25, 0.3) is 11.0 Å². The molecule has 0 radical (unpaired) electrons. The Kier molecular flexibility index (Phi) is 3.69. The predicted octanol–water partition coefficient (Wildman–Crippen LogP) is 3.69. The second-order valence-electron chi connectivity index (χ2n) is 4.68. The van der Waals surface area contributed by atoms with Gasteiger partial charge >= 0.3 is 0 Å². The van der Waals surface area contributed by atoms with E-state index in [1.807, 2.05) is 0 Å². The highest BCUT2D eigenvalue weighted by Crippen LogP contribution is 2.20. The molecule has 0 aliphatic rings. The van der Waals surface area contributed by atoms with Crippen LogP contribution < -0.4 is 10.2 Å². The zero-order valence-electron chi connectivity index (χ0n) is 11.6. The standard InChI is InChI=1S/C17H11ClO4/c1-21-12-6-7-15-13(8-12)17(20)14(9-22-15)16(19)10-2-4-11(18)5-3-10/h2-9H,1H3. The topological polar surface area (TPSA) is 56.5 Å². The summed E-state index contributed by atoms with van der Waals surface area (Å²) in [6.45, 7) is 0. The molecule has 0 bridgehead atoms. The maximum absolute atomic E-state index is 12.5. The molecule has 0 unspecified atom stereocenters. The highest BCUT2D eigenvalue weighted by atomic mass is 35.5. The van der Waals surface area contributed by atoms with Crippen molar-refractivity contribution in [1.82, 2.24) is 0 Å². The zero-order chi connectivity index (χ0) is 15.7. The number of carbonyl (C=O) groups is 1. The Hall–Kier alpha value is -2.59. The van der Waals surface area contributed by atoms with E-state index in [1.54, 1.807) is 42.5 Å². The van der Waals surface area contributed by atoms with Crippen molar-refractivity contribution in [2.24, 2.45) is 0 Å². The highest BCUT2D eigenvalue weighted by Gasteiger charge is 2.16. The summed E-state index contributed by atoms with van der Waals surface area (Å²) in [6.07, 6.45) is 1.19. The van der Waals surface area contributed by atoms with Crippen LogP contribution in [0.5, 0.6) is 5.75 Å². The molecule has 0 N–H and O–H groups in total. The van der Waals surface area contributed by atoms with Gasteiger partial charge in [-0.25, -0.2) is 0 Å². The molecule has 1 aromatic heterocycles. The molecule has 22 heavy (non-hydrogen) atoms. The van der Waals surface area contributed by atoms with E-state index < -0.39 is 5.78 Å². The van der Waals surface area contributed by atoms with Gasteiger partial charge in [0.1, 0.15) is 23.2 Å². The molecule has 0 aliphatic heterocycles. The van der Waals surface area contributed by atoms with Crippen LogP contribution in [0.1, 0.15) is 15.9 Å². The van der Waals surface area contributed by atoms with Crippen LogP contribution in [0.15, 0.2) is 57.9 Å². The predicted molar refractivity (Wildman–Crippen MR) is 83.9 cm³/mol. The number of methoxy groups -OCH3 is 1. The minimum Gasteiger partial charge on any atom is -0.497 e. The lowest BCUT2D eigenvalue weighted by Gasteiger charge is -2.04. The number of carbonyl (C=O) groups excluding carboxylic acids is 1. The summed E-state index contributed by atoms with van der Waals surface area (Å²) in [6, 6.07) is 11.2. The first-order valence-corrected chi connectivity index (χ1v) is 6.88. The number of hydrogen-bond acceptors (Lipinski definition) is 4. The third kappa shape index (κ3) is 2.49. The first-order valence-electron chi connectivity index (χ1n) is 6.50. The SMILES string of the molecule is COc1ccc2occ(C(=O)c3ccc(Cl)cc3)c(=O)c2c1. The largest absolute Gasteiger partial charge is 0.497 e. The lowest BCUT2D eigenvalue weighted by Crippen LogP contribution is -2.15. The molecular weight excluding hydrogens is 304 g/mol. The van der Waals surface area contributed by atoms with E-state index >= 15 is 0 Å². The Morgan fingerprint density at radius 2 is 1.86 bits per heavy atom. The van der Waals surface area contributed by atoms with Crippen LogP contribution in [0.4, 0.5) is 0 Å². The minimum atomic E-state index is -0.407. The van der Waals surface area contributed by atoms with Gasteiger partial charge in [-0.05, 0) is 42.5 Å². The van der Waals surface area contributed by atoms with Crippen LogP contribution in [0.3, 0.4) is 0 Å². The summed E-state index contributed by atoms with van der Waals surface area (Å²) in [5.41, 5.74) is 0.362. The lowest BCUT2D eigenvalue weighted by molar-refractivity contribution is 0.103. The van der Waals surface area contributed by atoms with Crippen molar-refractivity contribution in [3.8, 4) is 5.75 Å². The molecule has 3 aromatic rings. The van der Waals surface area contributed by atoms with Gasteiger partial charge in [0, 0.05) is 10.6 Å². The van der Waals surface area contributed by atoms with Crippen molar-refractivity contribution >= 4 is 28.4 Å². The third-order valence-electron chi connectivity index (χ3n) is 3.33. The second-order valence-corrected chi connectivity index (χ2v) is 5.11. The van der Waals surface area contributed by atoms with Crippen molar-refractivity contribution in [2.75, 3.05) is 7.11 Å². The maximum atomic E-state index is 12.5. The van der Waals surface area contributed by atoms with E-state index in [1.165, 1.54) is 13.4 Å². The quantitative estimate of drug-likeness (QED) is 0.692. The summed E-state index contributed by atoms with van der Waals surface area (Å²) in [5.74, 6) is 0.117. The van der Waals surface area contributed by atoms with Crippen molar-refractivity contribution in [3.05, 3.63) is 75.1 Å². The number of benzene rings is 2. The summed E-state index contributed by atoms with van der Waals surface area (Å²) in [4.78, 5) is 25.0. The highest BCUT2D eigenvalue weighted by molar-refractivity contribution is 6.30. The average Bonchev–Trinajstić information content (AvgIpc) is 2.55. The molecule has 5 heteroatoms. The number of ether oxygens (including phenoxy) is 1. The van der Waals surface area contributed by atoms with E-state index in [0.717, 1.165) is 0 Å². The molecule has 0 saturated heterocycles. The fraction of sp³-hybridized carbons (Fsp3) is 0.0588. The van der Waals surface area contributed by atoms with E-state index in [2.05, 4.69) is 0 Å². The molecule has 2 aromatic carbocycles. The first-order chi connectivity index (χ1) is 10.6. The van der Waals surface area contributed by atoms with Gasteiger partial charge in [0.2, 0.25) is 5.43 Å². The van der Waals surface area contributed by atoms with Gasteiger partial charge in [0.15, 0.2) is 5.78 Å². The molecule has 0 amide bonds. The molecule has 110 valence electrons. The molecule has 0 aliphatic carbocycles. The Labute approximate surface area is 130 Å². The summed E-state index contributed by atoms with van der Waals surface area (Å²) in [5, 5.41) is 0.825. The Bertz CT molecular complexity index is 910. The smallest absolute Gasteiger partial charge is 0.204 e. The van der Waals surface area contributed by atoms with Crippen molar-refractivity contribution in [1.29, 1.82) is 0 Å². The van der Waals surface area contributed by atoms with Crippen LogP contribution in [-0.2, 0) is 0 Å². The molecular formula is C17H11ClO4. The number of fused-ring (bicyclic) bond motifs is 1. The fourth-order valence-electron chi connectivity index (χ4n) is 2.15. The van der Waals surface area contributed by atoms with E-state index in [-0.39, 0.29) is 11.0 Å². The molecule has 0 saturated carbocycles. The molecule has 0 atom stereocenters. The number of ketones is 1. The van der Waals surface area contributed by atoms with Gasteiger partial charge in [0.05, 0.1) is 12.5 Å². The molecule has 3 rings (SSSR count). The lowest BCUT2D eigenvalue weighted by atomic mass is 10.0. The number of halogens is 1. The monoisotopic (exact) mass is 314 g/mol. The molecule has 4 nitrogen and oxygen atoms in total. The molecule has 0 spiro atoms. The minimum absolute atomic E-state index is 0.0249. The van der Waals surface area contributed by atoms with Crippen LogP contribution in [0, 0.1) is 0 Å². The Morgan fingerprint density at radius 1 is 1.14 bits per heavy atom. The zero-order valence-corrected chi connectivity index (χ0v) is 12.4. The first kappa shape index (κ1) is 14.4. The van der Waals surface area contributed by atoms with Crippen molar-refractivity contribution in [2.45, 2.75) is 0 Å². The van der Waals surface area contributed by atoms with Gasteiger partial charge in [-0.1, -0.05) is 11.6 Å². The van der Waals surface area contributed by atoms with E-state index in [0.29, 0.717) is 27.3 Å². The second kappa shape index (κ2) is 5.66.